The second-order valence-corrected chi connectivity index (χ2v) is 5.15. The Bertz CT molecular complexity index is 596. The molecule has 2 aromatic rings. The highest BCUT2D eigenvalue weighted by Crippen LogP contribution is 2.26. The number of benzene rings is 2. The summed E-state index contributed by atoms with van der Waals surface area (Å²) in [5.41, 5.74) is 2.51. The molecule has 2 rings (SSSR count). The summed E-state index contributed by atoms with van der Waals surface area (Å²) < 4.78 is 27.6. The maximum atomic E-state index is 14.1. The number of hydrogen-bond donors (Lipinski definition) is 1. The Morgan fingerprint density at radius 3 is 2.57 bits per heavy atom. The topological polar surface area (TPSA) is 12.0 Å². The van der Waals surface area contributed by atoms with Crippen LogP contribution < -0.4 is 5.32 Å². The van der Waals surface area contributed by atoms with E-state index in [-0.39, 0.29) is 11.9 Å². The summed E-state index contributed by atoms with van der Waals surface area (Å²) in [4.78, 5) is 0. The highest BCUT2D eigenvalue weighted by atomic mass is 19.1. The summed E-state index contributed by atoms with van der Waals surface area (Å²) in [7, 11) is 0. The molecule has 0 saturated carbocycles. The minimum Gasteiger partial charge on any atom is -0.306 e. The molecule has 1 unspecified atom stereocenters. The molecule has 0 aromatic heterocycles. The number of halogens is 2. The van der Waals surface area contributed by atoms with Gasteiger partial charge in [0.15, 0.2) is 0 Å². The van der Waals surface area contributed by atoms with Gasteiger partial charge in [-0.15, -0.1) is 0 Å². The molecule has 0 heterocycles. The summed E-state index contributed by atoms with van der Waals surface area (Å²) in [6, 6.07) is 11.3. The van der Waals surface area contributed by atoms with Crippen LogP contribution in [0.1, 0.15) is 43.0 Å². The Balaban J connectivity index is 2.44. The van der Waals surface area contributed by atoms with Gasteiger partial charge in [0.05, 0.1) is 6.04 Å². The zero-order chi connectivity index (χ0) is 15.2. The summed E-state index contributed by atoms with van der Waals surface area (Å²) in [6.45, 7) is 4.88. The largest absolute Gasteiger partial charge is 0.306 e. The predicted molar refractivity (Wildman–Crippen MR) is 82.3 cm³/mol. The van der Waals surface area contributed by atoms with Crippen LogP contribution in [0.3, 0.4) is 0 Å². The fourth-order valence-corrected chi connectivity index (χ4v) is 2.42. The third-order valence-corrected chi connectivity index (χ3v) is 3.56. The highest BCUT2D eigenvalue weighted by molar-refractivity contribution is 5.35. The Labute approximate surface area is 125 Å². The summed E-state index contributed by atoms with van der Waals surface area (Å²) >= 11 is 0. The molecule has 1 N–H and O–H groups in total. The van der Waals surface area contributed by atoms with Gasteiger partial charge in [-0.25, -0.2) is 8.78 Å². The third kappa shape index (κ3) is 3.88. The SMILES string of the molecule is CCCNC(c1cccc(CC)c1)c1cc(F)ccc1F. The average Bonchev–Trinajstić information content (AvgIpc) is 2.51. The summed E-state index contributed by atoms with van der Waals surface area (Å²) in [5.74, 6) is -0.798. The molecule has 0 radical (unpaired) electrons. The molecule has 0 bridgehead atoms. The molecule has 0 saturated heterocycles. The van der Waals surface area contributed by atoms with Gasteiger partial charge in [-0.2, -0.15) is 0 Å². The van der Waals surface area contributed by atoms with Crippen LogP contribution in [0.15, 0.2) is 42.5 Å². The monoisotopic (exact) mass is 289 g/mol. The van der Waals surface area contributed by atoms with Gasteiger partial charge in [0.25, 0.3) is 0 Å². The van der Waals surface area contributed by atoms with Crippen LogP contribution in [0, 0.1) is 11.6 Å². The van der Waals surface area contributed by atoms with E-state index in [0.29, 0.717) is 5.56 Å². The second kappa shape index (κ2) is 7.32. The van der Waals surface area contributed by atoms with E-state index in [0.717, 1.165) is 31.0 Å². The van der Waals surface area contributed by atoms with Crippen LogP contribution >= 0.6 is 0 Å². The van der Waals surface area contributed by atoms with Crippen molar-refractivity contribution < 1.29 is 8.78 Å². The van der Waals surface area contributed by atoms with Crippen molar-refractivity contribution in [3.05, 3.63) is 70.8 Å². The molecule has 0 spiro atoms. The lowest BCUT2D eigenvalue weighted by atomic mass is 9.96. The van der Waals surface area contributed by atoms with Gasteiger partial charge >= 0.3 is 0 Å². The lowest BCUT2D eigenvalue weighted by Gasteiger charge is -2.21. The molecule has 21 heavy (non-hydrogen) atoms. The van der Waals surface area contributed by atoms with Gasteiger partial charge < -0.3 is 5.32 Å². The lowest BCUT2D eigenvalue weighted by Crippen LogP contribution is -2.24. The highest BCUT2D eigenvalue weighted by Gasteiger charge is 2.18. The molecule has 3 heteroatoms. The molecule has 1 nitrogen and oxygen atoms in total. The number of nitrogens with one attached hydrogen (secondary N) is 1. The van der Waals surface area contributed by atoms with E-state index in [1.807, 2.05) is 18.2 Å². The zero-order valence-electron chi connectivity index (χ0n) is 12.5. The first kappa shape index (κ1) is 15.6. The number of hydrogen-bond acceptors (Lipinski definition) is 1. The smallest absolute Gasteiger partial charge is 0.128 e. The first-order chi connectivity index (χ1) is 10.2. The molecule has 0 aliphatic carbocycles. The van der Waals surface area contributed by atoms with Gasteiger partial charge in [-0.3, -0.25) is 0 Å². The summed E-state index contributed by atoms with van der Waals surface area (Å²) in [5, 5.41) is 3.31. The van der Waals surface area contributed by atoms with Crippen molar-refractivity contribution in [3.63, 3.8) is 0 Å². The molecule has 112 valence electrons. The third-order valence-electron chi connectivity index (χ3n) is 3.56. The van der Waals surface area contributed by atoms with E-state index in [1.54, 1.807) is 0 Å². The van der Waals surface area contributed by atoms with E-state index < -0.39 is 5.82 Å². The zero-order valence-corrected chi connectivity index (χ0v) is 12.5. The Kier molecular flexibility index (Phi) is 5.45. The van der Waals surface area contributed by atoms with Gasteiger partial charge in [0.2, 0.25) is 0 Å². The van der Waals surface area contributed by atoms with E-state index >= 15 is 0 Å². The van der Waals surface area contributed by atoms with Crippen molar-refractivity contribution in [2.75, 3.05) is 6.54 Å². The molecular formula is C18H21F2N. The van der Waals surface area contributed by atoms with Crippen molar-refractivity contribution in [2.24, 2.45) is 0 Å². The minimum absolute atomic E-state index is 0.327. The van der Waals surface area contributed by atoms with Crippen molar-refractivity contribution in [1.82, 2.24) is 5.32 Å². The fraction of sp³-hybridized carbons (Fsp3) is 0.333. The van der Waals surface area contributed by atoms with Crippen molar-refractivity contribution in [2.45, 2.75) is 32.7 Å². The van der Waals surface area contributed by atoms with E-state index in [2.05, 4.69) is 25.2 Å². The van der Waals surface area contributed by atoms with Gasteiger partial charge in [-0.05, 0) is 48.7 Å². The van der Waals surface area contributed by atoms with E-state index in [9.17, 15) is 8.78 Å². The van der Waals surface area contributed by atoms with Gasteiger partial charge in [0, 0.05) is 5.56 Å². The van der Waals surface area contributed by atoms with Crippen LogP contribution in [-0.4, -0.2) is 6.54 Å². The normalized spacial score (nSPS) is 12.4. The van der Waals surface area contributed by atoms with Crippen molar-refractivity contribution >= 4 is 0 Å². The van der Waals surface area contributed by atoms with Crippen LogP contribution in [-0.2, 0) is 6.42 Å². The molecule has 0 amide bonds. The molecule has 0 fully saturated rings. The van der Waals surface area contributed by atoms with E-state index in [1.165, 1.54) is 17.7 Å². The van der Waals surface area contributed by atoms with Crippen LogP contribution in [0.2, 0.25) is 0 Å². The van der Waals surface area contributed by atoms with Gasteiger partial charge in [-0.1, -0.05) is 38.1 Å². The predicted octanol–water partition coefficient (Wildman–Crippen LogP) is 4.62. The van der Waals surface area contributed by atoms with Gasteiger partial charge in [0.1, 0.15) is 11.6 Å². The molecule has 2 aromatic carbocycles. The number of aryl methyl sites for hydroxylation is 1. The fourth-order valence-electron chi connectivity index (χ4n) is 2.42. The van der Waals surface area contributed by atoms with Crippen LogP contribution in [0.5, 0.6) is 0 Å². The average molecular weight is 289 g/mol. The lowest BCUT2D eigenvalue weighted by molar-refractivity contribution is 0.535. The quantitative estimate of drug-likeness (QED) is 0.818. The first-order valence-electron chi connectivity index (χ1n) is 7.42. The Morgan fingerprint density at radius 1 is 1.05 bits per heavy atom. The summed E-state index contributed by atoms with van der Waals surface area (Å²) in [6.07, 6.45) is 1.85. The van der Waals surface area contributed by atoms with Crippen LogP contribution in [0.4, 0.5) is 8.78 Å². The molecule has 1 atom stereocenters. The molecule has 0 aliphatic heterocycles. The van der Waals surface area contributed by atoms with Crippen LogP contribution in [0.25, 0.3) is 0 Å². The second-order valence-electron chi connectivity index (χ2n) is 5.15. The first-order valence-corrected chi connectivity index (χ1v) is 7.42. The Morgan fingerprint density at radius 2 is 1.86 bits per heavy atom. The van der Waals surface area contributed by atoms with Crippen molar-refractivity contribution in [1.29, 1.82) is 0 Å². The minimum atomic E-state index is -0.415. The van der Waals surface area contributed by atoms with Crippen molar-refractivity contribution in [3.8, 4) is 0 Å². The maximum Gasteiger partial charge on any atom is 0.128 e. The standard InChI is InChI=1S/C18H21F2N/c1-3-10-21-18(14-7-5-6-13(4-2)11-14)16-12-15(19)8-9-17(16)20/h5-9,11-12,18,21H,3-4,10H2,1-2H3. The van der Waals surface area contributed by atoms with E-state index in [4.69, 9.17) is 0 Å². The number of rotatable bonds is 6. The molecular weight excluding hydrogens is 268 g/mol. The Hall–Kier alpha value is -1.74. The molecule has 0 aliphatic rings. The maximum absolute atomic E-state index is 14.1.